The van der Waals surface area contributed by atoms with Gasteiger partial charge < -0.3 is 14.1 Å². The van der Waals surface area contributed by atoms with Crippen molar-refractivity contribution in [2.75, 3.05) is 6.54 Å². The fourth-order valence-corrected chi connectivity index (χ4v) is 5.56. The van der Waals surface area contributed by atoms with Crippen molar-refractivity contribution in [2.45, 2.75) is 57.6 Å². The van der Waals surface area contributed by atoms with E-state index >= 15 is 0 Å². The lowest BCUT2D eigenvalue weighted by atomic mass is 9.68. The summed E-state index contributed by atoms with van der Waals surface area (Å²) in [5.41, 5.74) is 0. The van der Waals surface area contributed by atoms with E-state index in [1.54, 1.807) is 0 Å². The highest BCUT2D eigenvalue weighted by atomic mass is 16.5. The molecule has 3 heterocycles. The SMILES string of the molecule is O=C(CCc1nnc(COc2ccccc2)o1)N1CC2C[C@@H]3CC1C[C@H](C2)C3. The number of hydrogen-bond donors (Lipinski definition) is 0. The molecule has 6 rings (SSSR count). The van der Waals surface area contributed by atoms with Crippen molar-refractivity contribution in [1.82, 2.24) is 15.1 Å². The number of para-hydroxylation sites is 1. The van der Waals surface area contributed by atoms with E-state index < -0.39 is 0 Å². The minimum absolute atomic E-state index is 0.240. The molecule has 4 atom stereocenters. The summed E-state index contributed by atoms with van der Waals surface area (Å²) in [7, 11) is 0. The van der Waals surface area contributed by atoms with Gasteiger partial charge in [-0.1, -0.05) is 18.2 Å². The Morgan fingerprint density at radius 2 is 1.71 bits per heavy atom. The fourth-order valence-electron chi connectivity index (χ4n) is 5.56. The summed E-state index contributed by atoms with van der Waals surface area (Å²) in [5, 5.41) is 8.12. The third kappa shape index (κ3) is 3.77. The predicted molar refractivity (Wildman–Crippen MR) is 102 cm³/mol. The molecule has 4 fully saturated rings. The van der Waals surface area contributed by atoms with E-state index in [1.165, 1.54) is 32.1 Å². The van der Waals surface area contributed by atoms with Gasteiger partial charge in [-0.25, -0.2) is 0 Å². The summed E-state index contributed by atoms with van der Waals surface area (Å²) >= 11 is 0. The van der Waals surface area contributed by atoms with Gasteiger partial charge in [-0.3, -0.25) is 4.79 Å². The Morgan fingerprint density at radius 1 is 1.00 bits per heavy atom. The molecule has 2 aliphatic carbocycles. The normalized spacial score (nSPS) is 28.4. The number of aromatic nitrogens is 2. The Labute approximate surface area is 165 Å². The number of carbonyl (C=O) groups excluding carboxylic acids is 1. The third-order valence-electron chi connectivity index (χ3n) is 6.59. The molecule has 6 heteroatoms. The lowest BCUT2D eigenvalue weighted by Crippen LogP contribution is -2.42. The number of aryl methyl sites for hydroxylation is 1. The standard InChI is InChI=1S/C22H27N3O3/c26-22(25-13-17-9-15-8-16(10-17)12-18(25)11-15)7-6-20-23-24-21(28-20)14-27-19-4-2-1-3-5-19/h1-5,15-18H,6-14H2/t15-,16+,17?,18?. The van der Waals surface area contributed by atoms with Crippen molar-refractivity contribution >= 4 is 5.91 Å². The van der Waals surface area contributed by atoms with E-state index in [9.17, 15) is 4.79 Å². The molecule has 2 aliphatic heterocycles. The van der Waals surface area contributed by atoms with Crippen LogP contribution < -0.4 is 4.74 Å². The van der Waals surface area contributed by atoms with Crippen LogP contribution in [0.2, 0.25) is 0 Å². The van der Waals surface area contributed by atoms with E-state index in [1.807, 2.05) is 30.3 Å². The van der Waals surface area contributed by atoms with E-state index in [0.717, 1.165) is 24.1 Å². The summed E-state index contributed by atoms with van der Waals surface area (Å²) in [4.78, 5) is 15.1. The second-order valence-electron chi connectivity index (χ2n) is 8.67. The van der Waals surface area contributed by atoms with Crippen molar-refractivity contribution in [1.29, 1.82) is 0 Å². The Hall–Kier alpha value is -2.37. The van der Waals surface area contributed by atoms with Gasteiger partial charge in [0.25, 0.3) is 5.89 Å². The molecular formula is C22H27N3O3. The van der Waals surface area contributed by atoms with Crippen molar-refractivity contribution in [3.63, 3.8) is 0 Å². The molecule has 4 aliphatic rings. The molecule has 1 amide bonds. The van der Waals surface area contributed by atoms with E-state index in [2.05, 4.69) is 15.1 Å². The van der Waals surface area contributed by atoms with Crippen molar-refractivity contribution in [3.8, 4) is 5.75 Å². The van der Waals surface area contributed by atoms with Gasteiger partial charge in [0.05, 0.1) is 0 Å². The molecule has 1 aromatic carbocycles. The first-order valence-electron chi connectivity index (χ1n) is 10.5. The summed E-state index contributed by atoms with van der Waals surface area (Å²) in [6.45, 7) is 1.19. The zero-order chi connectivity index (χ0) is 18.9. The second-order valence-corrected chi connectivity index (χ2v) is 8.67. The molecule has 2 saturated heterocycles. The lowest BCUT2D eigenvalue weighted by molar-refractivity contribution is -0.134. The second kappa shape index (κ2) is 7.57. The number of ether oxygens (including phenoxy) is 1. The van der Waals surface area contributed by atoms with Gasteiger partial charge in [0.2, 0.25) is 11.8 Å². The molecule has 0 N–H and O–H groups in total. The Balaban J connectivity index is 1.14. The van der Waals surface area contributed by atoms with E-state index in [-0.39, 0.29) is 12.5 Å². The molecule has 6 nitrogen and oxygen atoms in total. The molecule has 2 aromatic rings. The van der Waals surface area contributed by atoms with Crippen LogP contribution >= 0.6 is 0 Å². The van der Waals surface area contributed by atoms with Crippen LogP contribution in [0.5, 0.6) is 5.75 Å². The maximum absolute atomic E-state index is 12.9. The monoisotopic (exact) mass is 381 g/mol. The van der Waals surface area contributed by atoms with Crippen LogP contribution in [-0.2, 0) is 17.8 Å². The molecule has 1 aromatic heterocycles. The average molecular weight is 381 g/mol. The first-order valence-corrected chi connectivity index (χ1v) is 10.5. The van der Waals surface area contributed by atoms with Crippen molar-refractivity contribution in [2.24, 2.45) is 17.8 Å². The van der Waals surface area contributed by atoms with Gasteiger partial charge in [-0.05, 0) is 62.0 Å². The predicted octanol–water partition coefficient (Wildman–Crippen LogP) is 3.62. The zero-order valence-electron chi connectivity index (χ0n) is 16.1. The fraction of sp³-hybridized carbons (Fsp3) is 0.591. The lowest BCUT2D eigenvalue weighted by Gasteiger charge is -2.39. The molecule has 0 spiro atoms. The zero-order valence-corrected chi connectivity index (χ0v) is 16.1. The van der Waals surface area contributed by atoms with Gasteiger partial charge in [0, 0.05) is 25.4 Å². The number of amides is 1. The molecule has 28 heavy (non-hydrogen) atoms. The van der Waals surface area contributed by atoms with Crippen LogP contribution in [-0.4, -0.2) is 33.6 Å². The van der Waals surface area contributed by atoms with Gasteiger partial charge >= 0.3 is 0 Å². The average Bonchev–Trinajstić information content (AvgIpc) is 3.07. The molecule has 0 radical (unpaired) electrons. The highest BCUT2D eigenvalue weighted by molar-refractivity contribution is 5.76. The molecular weight excluding hydrogens is 354 g/mol. The first-order chi connectivity index (χ1) is 13.7. The molecule has 2 unspecified atom stereocenters. The van der Waals surface area contributed by atoms with Gasteiger partial charge in [-0.15, -0.1) is 10.2 Å². The number of hydrogen-bond acceptors (Lipinski definition) is 5. The minimum atomic E-state index is 0.240. The Kier molecular flexibility index (Phi) is 4.79. The Bertz CT molecular complexity index is 807. The first kappa shape index (κ1) is 17.7. The van der Waals surface area contributed by atoms with Crippen molar-refractivity contribution < 1.29 is 13.9 Å². The summed E-state index contributed by atoms with van der Waals surface area (Å²) < 4.78 is 11.3. The summed E-state index contributed by atoms with van der Waals surface area (Å²) in [6, 6.07) is 10.0. The summed E-state index contributed by atoms with van der Waals surface area (Å²) in [5.74, 6) is 4.39. The number of carbonyl (C=O) groups is 1. The number of nitrogens with zero attached hydrogens (tertiary/aromatic N) is 3. The quantitative estimate of drug-likeness (QED) is 0.764. The largest absolute Gasteiger partial charge is 0.484 e. The van der Waals surface area contributed by atoms with Gasteiger partial charge in [-0.2, -0.15) is 0 Å². The topological polar surface area (TPSA) is 68.5 Å². The highest BCUT2D eigenvalue weighted by Crippen LogP contribution is 2.47. The van der Waals surface area contributed by atoms with Crippen LogP contribution in [0.4, 0.5) is 0 Å². The smallest absolute Gasteiger partial charge is 0.253 e. The van der Waals surface area contributed by atoms with E-state index in [4.69, 9.17) is 9.15 Å². The van der Waals surface area contributed by atoms with Crippen LogP contribution in [0.1, 0.15) is 50.3 Å². The maximum Gasteiger partial charge on any atom is 0.253 e. The van der Waals surface area contributed by atoms with Crippen LogP contribution in [0, 0.1) is 17.8 Å². The molecule has 4 bridgehead atoms. The minimum Gasteiger partial charge on any atom is -0.484 e. The van der Waals surface area contributed by atoms with Gasteiger partial charge in [0.1, 0.15) is 5.75 Å². The molecule has 148 valence electrons. The van der Waals surface area contributed by atoms with E-state index in [0.29, 0.717) is 36.6 Å². The third-order valence-corrected chi connectivity index (χ3v) is 6.59. The van der Waals surface area contributed by atoms with Crippen LogP contribution in [0.25, 0.3) is 0 Å². The maximum atomic E-state index is 12.9. The molecule has 2 saturated carbocycles. The number of benzene rings is 1. The number of fused-ring (bicyclic) bond motifs is 1. The van der Waals surface area contributed by atoms with Crippen molar-refractivity contribution in [3.05, 3.63) is 42.1 Å². The number of rotatable bonds is 6. The Morgan fingerprint density at radius 3 is 2.50 bits per heavy atom. The highest BCUT2D eigenvalue weighted by Gasteiger charge is 2.43. The van der Waals surface area contributed by atoms with Crippen LogP contribution in [0.3, 0.4) is 0 Å². The van der Waals surface area contributed by atoms with Crippen LogP contribution in [0.15, 0.2) is 34.7 Å². The van der Waals surface area contributed by atoms with Gasteiger partial charge in [0.15, 0.2) is 6.61 Å². The summed E-state index contributed by atoms with van der Waals surface area (Å²) in [6.07, 6.45) is 7.40.